The minimum Gasteiger partial charge on any atom is -0.489 e. The Hall–Kier alpha value is -2.41. The first-order valence-corrected chi connectivity index (χ1v) is 8.20. The predicted molar refractivity (Wildman–Crippen MR) is 95.3 cm³/mol. The second kappa shape index (κ2) is 8.11. The Morgan fingerprint density at radius 3 is 2.68 bits per heavy atom. The highest BCUT2D eigenvalue weighted by Crippen LogP contribution is 2.19. The van der Waals surface area contributed by atoms with Gasteiger partial charge in [0.25, 0.3) is 0 Å². The molecule has 0 aliphatic rings. The topological polar surface area (TPSA) is 59.4 Å². The molecule has 1 atom stereocenters. The normalized spacial score (nSPS) is 12.3. The predicted octanol–water partition coefficient (Wildman–Crippen LogP) is 2.51. The number of aryl methyl sites for hydroxylation is 2. The summed E-state index contributed by atoms with van der Waals surface area (Å²) >= 11 is 0. The second-order valence-corrected chi connectivity index (χ2v) is 6.09. The molecule has 0 spiro atoms. The van der Waals surface area contributed by atoms with Gasteiger partial charge in [0.2, 0.25) is 5.91 Å². The smallest absolute Gasteiger partial charge is 0.241 e. The maximum Gasteiger partial charge on any atom is 0.241 e. The molecule has 0 radical (unpaired) electrons. The van der Waals surface area contributed by atoms with Crippen molar-refractivity contribution in [3.63, 3.8) is 0 Å². The van der Waals surface area contributed by atoms with Crippen LogP contribution in [0.25, 0.3) is 0 Å². The van der Waals surface area contributed by atoms with Crippen LogP contribution < -0.4 is 10.1 Å². The fourth-order valence-electron chi connectivity index (χ4n) is 2.44. The number of amides is 1. The van der Waals surface area contributed by atoms with E-state index in [-0.39, 0.29) is 17.7 Å². The van der Waals surface area contributed by atoms with Gasteiger partial charge in [0.05, 0.1) is 23.1 Å². The molecule has 0 saturated heterocycles. The number of halogens is 1. The van der Waals surface area contributed by atoms with Gasteiger partial charge < -0.3 is 10.1 Å². The fraction of sp³-hybridized carbons (Fsp3) is 0.444. The number of carbonyl (C=O) groups excluding carboxylic acids is 1. The number of aromatic nitrogens is 2. The number of ether oxygens (including phenoxy) is 1. The molecule has 6 nitrogen and oxygen atoms in total. The van der Waals surface area contributed by atoms with Crippen molar-refractivity contribution in [3.8, 4) is 5.75 Å². The van der Waals surface area contributed by atoms with E-state index in [0.29, 0.717) is 13.2 Å². The lowest BCUT2D eigenvalue weighted by atomic mass is 10.2. The number of anilines is 1. The molecule has 1 N–H and O–H groups in total. The van der Waals surface area contributed by atoms with Crippen LogP contribution in [0.5, 0.6) is 5.75 Å². The molecule has 0 saturated carbocycles. The highest BCUT2D eigenvalue weighted by Gasteiger charge is 2.21. The molecule has 25 heavy (non-hydrogen) atoms. The van der Waals surface area contributed by atoms with Crippen molar-refractivity contribution >= 4 is 11.6 Å². The molecule has 0 fully saturated rings. The van der Waals surface area contributed by atoms with E-state index >= 15 is 0 Å². The van der Waals surface area contributed by atoms with Gasteiger partial charge in [-0.15, -0.1) is 0 Å². The van der Waals surface area contributed by atoms with E-state index in [2.05, 4.69) is 10.4 Å². The van der Waals surface area contributed by atoms with E-state index in [1.54, 1.807) is 22.9 Å². The molecule has 1 unspecified atom stereocenters. The molecule has 1 heterocycles. The van der Waals surface area contributed by atoms with Crippen LogP contribution in [0.2, 0.25) is 0 Å². The van der Waals surface area contributed by atoms with E-state index in [0.717, 1.165) is 17.1 Å². The summed E-state index contributed by atoms with van der Waals surface area (Å²) in [6.07, 6.45) is 0. The second-order valence-electron chi connectivity index (χ2n) is 6.09. The first kappa shape index (κ1) is 18.9. The Morgan fingerprint density at radius 2 is 2.08 bits per heavy atom. The van der Waals surface area contributed by atoms with Gasteiger partial charge in [0.15, 0.2) is 11.6 Å². The van der Waals surface area contributed by atoms with Crippen LogP contribution in [0.3, 0.4) is 0 Å². The fourth-order valence-corrected chi connectivity index (χ4v) is 2.44. The highest BCUT2D eigenvalue weighted by molar-refractivity contribution is 5.95. The number of likely N-dealkylation sites (N-methyl/N-ethyl adjacent to an activating group) is 1. The minimum absolute atomic E-state index is 0.118. The minimum atomic E-state index is -0.390. The number of nitrogens with one attached hydrogen (secondary N) is 1. The van der Waals surface area contributed by atoms with Crippen molar-refractivity contribution in [1.29, 1.82) is 0 Å². The molecule has 2 aromatic rings. The number of hydrogen-bond donors (Lipinski definition) is 1. The summed E-state index contributed by atoms with van der Waals surface area (Å²) < 4.78 is 20.7. The van der Waals surface area contributed by atoms with E-state index in [1.165, 1.54) is 6.07 Å². The number of para-hydroxylation sites is 1. The first-order chi connectivity index (χ1) is 11.8. The summed E-state index contributed by atoms with van der Waals surface area (Å²) in [7, 11) is 3.67. The van der Waals surface area contributed by atoms with Crippen LogP contribution in [0.4, 0.5) is 10.1 Å². The van der Waals surface area contributed by atoms with Crippen LogP contribution in [0, 0.1) is 19.7 Å². The third-order valence-corrected chi connectivity index (χ3v) is 4.34. The lowest BCUT2D eigenvalue weighted by Gasteiger charge is -2.24. The number of benzene rings is 1. The Kier molecular flexibility index (Phi) is 6.14. The molecule has 0 aliphatic carbocycles. The zero-order valence-electron chi connectivity index (χ0n) is 15.3. The molecule has 1 amide bonds. The van der Waals surface area contributed by atoms with Gasteiger partial charge in [-0.3, -0.25) is 14.4 Å². The van der Waals surface area contributed by atoms with Crippen molar-refractivity contribution in [2.75, 3.05) is 25.5 Å². The number of nitrogens with zero attached hydrogens (tertiary/aromatic N) is 3. The highest BCUT2D eigenvalue weighted by atomic mass is 19.1. The van der Waals surface area contributed by atoms with Crippen molar-refractivity contribution < 1.29 is 13.9 Å². The van der Waals surface area contributed by atoms with E-state index < -0.39 is 5.82 Å². The van der Waals surface area contributed by atoms with Gasteiger partial charge in [-0.1, -0.05) is 12.1 Å². The Labute approximate surface area is 147 Å². The van der Waals surface area contributed by atoms with E-state index in [1.807, 2.05) is 39.8 Å². The Bertz CT molecular complexity index is 745. The van der Waals surface area contributed by atoms with Gasteiger partial charge in [-0.25, -0.2) is 4.39 Å². The molecular weight excluding hydrogens is 323 g/mol. The van der Waals surface area contributed by atoms with Crippen LogP contribution in [-0.4, -0.2) is 46.8 Å². The lowest BCUT2D eigenvalue weighted by molar-refractivity contribution is -0.120. The monoisotopic (exact) mass is 348 g/mol. The zero-order chi connectivity index (χ0) is 18.6. The third-order valence-electron chi connectivity index (χ3n) is 4.34. The van der Waals surface area contributed by atoms with E-state index in [4.69, 9.17) is 4.74 Å². The van der Waals surface area contributed by atoms with Crippen molar-refractivity contribution in [3.05, 3.63) is 41.5 Å². The average Bonchev–Trinajstić information content (AvgIpc) is 2.82. The standard InChI is InChI=1S/C18H25FN4O2/c1-12-17(13(2)23(5)21-12)20-18(24)14(3)22(4)10-11-25-16-9-7-6-8-15(16)19/h6-9,14H,10-11H2,1-5H3,(H,20,24). The van der Waals surface area contributed by atoms with Crippen LogP contribution in [0.1, 0.15) is 18.3 Å². The van der Waals surface area contributed by atoms with E-state index in [9.17, 15) is 9.18 Å². The van der Waals surface area contributed by atoms with Crippen molar-refractivity contribution in [1.82, 2.24) is 14.7 Å². The Balaban J connectivity index is 1.87. The first-order valence-electron chi connectivity index (χ1n) is 8.20. The van der Waals surface area contributed by atoms with Crippen LogP contribution in [0.15, 0.2) is 24.3 Å². The molecule has 7 heteroatoms. The SMILES string of the molecule is Cc1nn(C)c(C)c1NC(=O)C(C)N(C)CCOc1ccccc1F. The maximum atomic E-state index is 13.5. The Morgan fingerprint density at radius 1 is 1.40 bits per heavy atom. The molecule has 1 aromatic carbocycles. The molecule has 136 valence electrons. The van der Waals surface area contributed by atoms with Gasteiger partial charge in [-0.05, 0) is 40.0 Å². The summed E-state index contributed by atoms with van der Waals surface area (Å²) in [6.45, 7) is 6.37. The molecule has 0 bridgehead atoms. The number of carbonyl (C=O) groups is 1. The van der Waals surface area contributed by atoms with Crippen molar-refractivity contribution in [2.45, 2.75) is 26.8 Å². The molecule has 1 aromatic heterocycles. The number of hydrogen-bond acceptors (Lipinski definition) is 4. The molecule has 2 rings (SSSR count). The maximum absolute atomic E-state index is 13.5. The van der Waals surface area contributed by atoms with Gasteiger partial charge in [0, 0.05) is 13.6 Å². The van der Waals surface area contributed by atoms with Crippen molar-refractivity contribution in [2.24, 2.45) is 7.05 Å². The summed E-state index contributed by atoms with van der Waals surface area (Å²) in [5, 5.41) is 7.22. The summed E-state index contributed by atoms with van der Waals surface area (Å²) in [6, 6.07) is 5.91. The van der Waals surface area contributed by atoms with Gasteiger partial charge in [0.1, 0.15) is 6.61 Å². The van der Waals surface area contributed by atoms with Gasteiger partial charge in [-0.2, -0.15) is 5.10 Å². The largest absolute Gasteiger partial charge is 0.489 e. The summed E-state index contributed by atoms with van der Waals surface area (Å²) in [5.74, 6) is -0.291. The quantitative estimate of drug-likeness (QED) is 0.835. The zero-order valence-corrected chi connectivity index (χ0v) is 15.3. The third kappa shape index (κ3) is 4.57. The van der Waals surface area contributed by atoms with Crippen LogP contribution in [-0.2, 0) is 11.8 Å². The lowest BCUT2D eigenvalue weighted by Crippen LogP contribution is -2.41. The van der Waals surface area contributed by atoms with Gasteiger partial charge >= 0.3 is 0 Å². The van der Waals surface area contributed by atoms with Crippen LogP contribution >= 0.6 is 0 Å². The summed E-state index contributed by atoms with van der Waals surface area (Å²) in [4.78, 5) is 14.3. The molecule has 0 aliphatic heterocycles. The summed E-state index contributed by atoms with van der Waals surface area (Å²) in [5.41, 5.74) is 2.44. The number of rotatable bonds is 7. The molecular formula is C18H25FN4O2. The average molecular weight is 348 g/mol.